The van der Waals surface area contributed by atoms with E-state index in [1.807, 2.05) is 0 Å². The second-order valence-electron chi connectivity index (χ2n) is 2.10. The largest absolute Gasteiger partial charge is 1.00 e. The van der Waals surface area contributed by atoms with E-state index in [0.29, 0.717) is 10.6 Å². The quantitative estimate of drug-likeness (QED) is 0.438. The van der Waals surface area contributed by atoms with Crippen molar-refractivity contribution in [1.82, 2.24) is 0 Å². The third-order valence-electron chi connectivity index (χ3n) is 1.40. The molecule has 5 heteroatoms. The minimum atomic E-state index is -2.19. The summed E-state index contributed by atoms with van der Waals surface area (Å²) in [5.74, 6) is 0. The van der Waals surface area contributed by atoms with Gasteiger partial charge in [-0.1, -0.05) is 17.7 Å². The maximum absolute atomic E-state index is 10.5. The summed E-state index contributed by atoms with van der Waals surface area (Å²) in [5, 5.41) is 0.478. The Morgan fingerprint density at radius 2 is 2.08 bits per heavy atom. The Bertz CT molecular complexity index is 303. The molecule has 0 bridgehead atoms. The van der Waals surface area contributed by atoms with E-state index in [-0.39, 0.29) is 34.5 Å². The van der Waals surface area contributed by atoms with Crippen LogP contribution in [-0.2, 0) is 11.1 Å². The van der Waals surface area contributed by atoms with Gasteiger partial charge in [0.2, 0.25) is 0 Å². The first-order valence-corrected chi connectivity index (χ1v) is 4.42. The second kappa shape index (κ2) is 5.37. The van der Waals surface area contributed by atoms with Crippen LogP contribution >= 0.6 is 11.6 Å². The zero-order valence-corrected chi connectivity index (χ0v) is 10.4. The van der Waals surface area contributed by atoms with Crippen LogP contribution in [-0.4, -0.2) is 8.76 Å². The van der Waals surface area contributed by atoms with Gasteiger partial charge in [0.1, 0.15) is 0 Å². The first-order chi connectivity index (χ1) is 5.13. The molecule has 0 radical (unpaired) electrons. The summed E-state index contributed by atoms with van der Waals surface area (Å²) in [5.41, 5.74) is 0.600. The summed E-state index contributed by atoms with van der Waals surface area (Å²) in [6.07, 6.45) is 0. The molecule has 0 aliphatic heterocycles. The molecule has 0 aliphatic rings. The van der Waals surface area contributed by atoms with Crippen LogP contribution in [0.2, 0.25) is 5.02 Å². The monoisotopic (exact) mass is 212 g/mol. The number of benzene rings is 1. The van der Waals surface area contributed by atoms with Gasteiger partial charge in [-0.25, -0.2) is 0 Å². The van der Waals surface area contributed by atoms with E-state index in [0.717, 1.165) is 0 Å². The van der Waals surface area contributed by atoms with Crippen molar-refractivity contribution < 1.29 is 38.3 Å². The van der Waals surface area contributed by atoms with Crippen LogP contribution in [0.25, 0.3) is 0 Å². The van der Waals surface area contributed by atoms with Gasteiger partial charge in [-0.15, -0.1) is 0 Å². The second-order valence-corrected chi connectivity index (χ2v) is 3.41. The molecular formula is C7H6ClNaO2S. The Morgan fingerprint density at radius 1 is 1.50 bits per heavy atom. The average molecular weight is 213 g/mol. The molecule has 1 rings (SSSR count). The van der Waals surface area contributed by atoms with Crippen LogP contribution in [0, 0.1) is 6.92 Å². The van der Waals surface area contributed by atoms with Crippen molar-refractivity contribution >= 4 is 22.7 Å². The molecule has 0 amide bonds. The number of hydrogen-bond donors (Lipinski definition) is 0. The molecule has 0 aliphatic carbocycles. The summed E-state index contributed by atoms with van der Waals surface area (Å²) in [6, 6.07) is 4.79. The zero-order valence-electron chi connectivity index (χ0n) is 6.83. The van der Waals surface area contributed by atoms with Crippen molar-refractivity contribution in [2.24, 2.45) is 0 Å². The molecule has 60 valence electrons. The van der Waals surface area contributed by atoms with Crippen LogP contribution in [0.15, 0.2) is 23.1 Å². The molecule has 0 saturated carbocycles. The van der Waals surface area contributed by atoms with Crippen molar-refractivity contribution in [3.63, 3.8) is 0 Å². The van der Waals surface area contributed by atoms with Gasteiger partial charge < -0.3 is 4.55 Å². The van der Waals surface area contributed by atoms with Gasteiger partial charge in [-0.05, 0) is 35.7 Å². The summed E-state index contributed by atoms with van der Waals surface area (Å²) < 4.78 is 21.0. The Balaban J connectivity index is 0.00000121. The van der Waals surface area contributed by atoms with E-state index in [1.54, 1.807) is 19.1 Å². The Kier molecular flexibility index (Phi) is 5.65. The van der Waals surface area contributed by atoms with Gasteiger partial charge in [0.15, 0.2) is 0 Å². The molecule has 1 atom stereocenters. The molecule has 1 unspecified atom stereocenters. The molecular weight excluding hydrogens is 207 g/mol. The maximum atomic E-state index is 10.5. The smallest absolute Gasteiger partial charge is 0.768 e. The van der Waals surface area contributed by atoms with Gasteiger partial charge in [0.05, 0.1) is 0 Å². The minimum absolute atomic E-state index is 0. The molecule has 0 spiro atoms. The third-order valence-corrected chi connectivity index (χ3v) is 2.61. The fourth-order valence-electron chi connectivity index (χ4n) is 0.768. The summed E-state index contributed by atoms with van der Waals surface area (Å²) in [4.78, 5) is 0.262. The number of hydrogen-bond acceptors (Lipinski definition) is 2. The molecule has 0 N–H and O–H groups in total. The zero-order chi connectivity index (χ0) is 8.43. The van der Waals surface area contributed by atoms with Crippen molar-refractivity contribution in [3.8, 4) is 0 Å². The average Bonchev–Trinajstić information content (AvgIpc) is 1.94. The van der Waals surface area contributed by atoms with E-state index in [2.05, 4.69) is 0 Å². The molecule has 1 aromatic rings. The molecule has 12 heavy (non-hydrogen) atoms. The van der Waals surface area contributed by atoms with Crippen molar-refractivity contribution in [1.29, 1.82) is 0 Å². The standard InChI is InChI=1S/C7H7ClO2S.Na/c1-5-6(8)3-2-4-7(5)11(9)10;/h2-4H,1H3,(H,9,10);/q;+1/p-1. The Hall–Kier alpha value is 0.620. The number of rotatable bonds is 1. The van der Waals surface area contributed by atoms with E-state index < -0.39 is 11.1 Å². The molecule has 0 aromatic heterocycles. The summed E-state index contributed by atoms with van der Waals surface area (Å²) in [7, 11) is 0. The van der Waals surface area contributed by atoms with Crippen molar-refractivity contribution in [2.75, 3.05) is 0 Å². The van der Waals surface area contributed by atoms with Gasteiger partial charge in [-0.2, -0.15) is 0 Å². The van der Waals surface area contributed by atoms with Crippen molar-refractivity contribution in [3.05, 3.63) is 28.8 Å². The topological polar surface area (TPSA) is 40.1 Å². The predicted molar refractivity (Wildman–Crippen MR) is 43.4 cm³/mol. The molecule has 1 aromatic carbocycles. The normalized spacial score (nSPS) is 11.9. The van der Waals surface area contributed by atoms with Crippen molar-refractivity contribution in [2.45, 2.75) is 11.8 Å². The van der Waals surface area contributed by atoms with Crippen LogP contribution in [0.1, 0.15) is 5.56 Å². The minimum Gasteiger partial charge on any atom is -0.768 e. The van der Waals surface area contributed by atoms with Gasteiger partial charge >= 0.3 is 29.6 Å². The molecule has 0 heterocycles. The summed E-state index contributed by atoms with van der Waals surface area (Å²) in [6.45, 7) is 1.67. The number of halogens is 1. The van der Waals surface area contributed by atoms with Gasteiger partial charge in [0.25, 0.3) is 0 Å². The van der Waals surface area contributed by atoms with Crippen LogP contribution < -0.4 is 29.6 Å². The Morgan fingerprint density at radius 3 is 2.50 bits per heavy atom. The first kappa shape index (κ1) is 12.6. The summed E-state index contributed by atoms with van der Waals surface area (Å²) >= 11 is 3.50. The Labute approximate surface area is 101 Å². The third kappa shape index (κ3) is 2.83. The van der Waals surface area contributed by atoms with Gasteiger partial charge in [-0.3, -0.25) is 4.21 Å². The van der Waals surface area contributed by atoms with Gasteiger partial charge in [0, 0.05) is 9.92 Å². The van der Waals surface area contributed by atoms with E-state index in [9.17, 15) is 8.76 Å². The van der Waals surface area contributed by atoms with E-state index in [1.165, 1.54) is 6.07 Å². The van der Waals surface area contributed by atoms with Crippen LogP contribution in [0.4, 0.5) is 0 Å². The fraction of sp³-hybridized carbons (Fsp3) is 0.143. The predicted octanol–water partition coefficient (Wildman–Crippen LogP) is -1.11. The van der Waals surface area contributed by atoms with Crippen LogP contribution in [0.5, 0.6) is 0 Å². The van der Waals surface area contributed by atoms with E-state index in [4.69, 9.17) is 11.6 Å². The van der Waals surface area contributed by atoms with E-state index >= 15 is 0 Å². The SMILES string of the molecule is Cc1c(Cl)cccc1S(=O)[O-].[Na+]. The maximum Gasteiger partial charge on any atom is 1.00 e. The molecule has 2 nitrogen and oxygen atoms in total. The fourth-order valence-corrected chi connectivity index (χ4v) is 1.55. The molecule has 0 saturated heterocycles. The van der Waals surface area contributed by atoms with Crippen LogP contribution in [0.3, 0.4) is 0 Å². The first-order valence-electron chi connectivity index (χ1n) is 2.97. The molecule has 0 fully saturated rings.